The molecule has 0 heterocycles. The van der Waals surface area contributed by atoms with Gasteiger partial charge in [-0.1, -0.05) is 0 Å². The quantitative estimate of drug-likeness (QED) is 0.426. The molecule has 0 aromatic carbocycles. The van der Waals surface area contributed by atoms with Crippen molar-refractivity contribution in [1.29, 1.82) is 0 Å². The summed E-state index contributed by atoms with van der Waals surface area (Å²) < 4.78 is 0. The van der Waals surface area contributed by atoms with Crippen molar-refractivity contribution in [3.63, 3.8) is 0 Å². The maximum absolute atomic E-state index is 10.1. The fraction of sp³-hybridized carbons (Fsp3) is 0.400. The minimum absolute atomic E-state index is 0.378. The summed E-state index contributed by atoms with van der Waals surface area (Å²) in [5, 5.41) is 0. The van der Waals surface area contributed by atoms with Crippen LogP contribution in [0.15, 0.2) is 0 Å². The van der Waals surface area contributed by atoms with Crippen molar-refractivity contribution in [1.82, 2.24) is 0 Å². The van der Waals surface area contributed by atoms with Crippen molar-refractivity contribution < 1.29 is 14.4 Å². The normalized spacial score (nSPS) is 12.1. The summed E-state index contributed by atoms with van der Waals surface area (Å²) in [7, 11) is -2.73. The van der Waals surface area contributed by atoms with Crippen LogP contribution in [0.4, 0.5) is 0 Å². The van der Waals surface area contributed by atoms with Crippen LogP contribution in [0.1, 0.15) is 6.92 Å². The molecule has 0 saturated carbocycles. The molecule has 0 aromatic heterocycles. The minimum atomic E-state index is -2.73. The van der Waals surface area contributed by atoms with Gasteiger partial charge in [0, 0.05) is 0 Å². The molecule has 0 saturated heterocycles. The predicted molar refractivity (Wildman–Crippen MR) is 39.1 cm³/mol. The van der Waals surface area contributed by atoms with Gasteiger partial charge in [0.1, 0.15) is 0 Å². The Morgan fingerprint density at radius 3 is 1.44 bits per heavy atom. The Balaban J connectivity index is 4.34. The van der Waals surface area contributed by atoms with E-state index in [1.54, 1.807) is 6.92 Å². The molecule has 0 bridgehead atoms. The number of rotatable bonds is 4. The number of hydrogen-bond acceptors (Lipinski definition) is 3. The summed E-state index contributed by atoms with van der Waals surface area (Å²) in [5.74, 6) is 0. The van der Waals surface area contributed by atoms with Gasteiger partial charge < -0.3 is 0 Å². The standard InChI is InChI=1S/C5H9O3P/c1-2-9(3-6,4-7)5-8/h3-5,9H,2H2,1H3. The Morgan fingerprint density at radius 1 is 1.11 bits per heavy atom. The van der Waals surface area contributed by atoms with Gasteiger partial charge in [-0.25, -0.2) is 0 Å². The van der Waals surface area contributed by atoms with E-state index in [-0.39, 0.29) is 0 Å². The molecule has 0 N–H and O–H groups in total. The third-order valence-corrected chi connectivity index (χ3v) is 3.81. The summed E-state index contributed by atoms with van der Waals surface area (Å²) in [6.07, 6.45) is 0.378. The summed E-state index contributed by atoms with van der Waals surface area (Å²) in [5.41, 5.74) is 0. The van der Waals surface area contributed by atoms with E-state index in [9.17, 15) is 14.4 Å². The number of hydrogen-bond donors (Lipinski definition) is 0. The van der Waals surface area contributed by atoms with Crippen molar-refractivity contribution in [3.8, 4) is 0 Å². The average Bonchev–Trinajstić information content (AvgIpc) is 1.95. The van der Waals surface area contributed by atoms with Crippen molar-refractivity contribution in [2.45, 2.75) is 6.92 Å². The SMILES string of the molecule is CC[PH](C=O)(C=O)C=O. The summed E-state index contributed by atoms with van der Waals surface area (Å²) in [6.45, 7) is 1.67. The summed E-state index contributed by atoms with van der Waals surface area (Å²) in [4.78, 5) is 30.4. The van der Waals surface area contributed by atoms with Crippen LogP contribution in [0.25, 0.3) is 0 Å². The van der Waals surface area contributed by atoms with E-state index in [4.69, 9.17) is 0 Å². The van der Waals surface area contributed by atoms with Crippen LogP contribution < -0.4 is 0 Å². The van der Waals surface area contributed by atoms with Crippen LogP contribution in [-0.4, -0.2) is 24.2 Å². The van der Waals surface area contributed by atoms with E-state index in [0.717, 1.165) is 0 Å². The molecule has 0 atom stereocenters. The Bertz CT molecular complexity index is 110. The number of carbonyl (C=O) groups excluding carboxylic acids is 3. The van der Waals surface area contributed by atoms with Crippen molar-refractivity contribution in [2.24, 2.45) is 0 Å². The molecule has 0 fully saturated rings. The van der Waals surface area contributed by atoms with Gasteiger partial charge in [0.05, 0.1) is 0 Å². The molecule has 9 heavy (non-hydrogen) atoms. The Kier molecular flexibility index (Phi) is 3.25. The Morgan fingerprint density at radius 2 is 1.44 bits per heavy atom. The fourth-order valence-corrected chi connectivity index (χ4v) is 1.00. The van der Waals surface area contributed by atoms with E-state index in [0.29, 0.717) is 24.2 Å². The first-order valence-corrected chi connectivity index (χ1v) is 5.07. The monoisotopic (exact) mass is 148 g/mol. The zero-order valence-electron chi connectivity index (χ0n) is 5.16. The van der Waals surface area contributed by atoms with Crippen LogP contribution in [0, 0.1) is 0 Å². The van der Waals surface area contributed by atoms with E-state index >= 15 is 0 Å². The van der Waals surface area contributed by atoms with Crippen LogP contribution in [0.2, 0.25) is 0 Å². The molecular formula is C5H9O3P. The van der Waals surface area contributed by atoms with E-state index in [2.05, 4.69) is 0 Å². The topological polar surface area (TPSA) is 51.2 Å². The van der Waals surface area contributed by atoms with Crippen LogP contribution >= 0.6 is 7.26 Å². The van der Waals surface area contributed by atoms with Gasteiger partial charge in [0.25, 0.3) is 0 Å². The zero-order chi connectivity index (χ0) is 7.33. The molecule has 0 amide bonds. The molecule has 3 nitrogen and oxygen atoms in total. The zero-order valence-corrected chi connectivity index (χ0v) is 6.16. The van der Waals surface area contributed by atoms with E-state index in [1.807, 2.05) is 0 Å². The van der Waals surface area contributed by atoms with Gasteiger partial charge in [0.2, 0.25) is 0 Å². The van der Waals surface area contributed by atoms with Crippen LogP contribution in [0.5, 0.6) is 0 Å². The molecule has 0 unspecified atom stereocenters. The first-order valence-electron chi connectivity index (χ1n) is 2.63. The molecular weight excluding hydrogens is 139 g/mol. The Labute approximate surface area is 53.8 Å². The molecule has 0 aliphatic carbocycles. The van der Waals surface area contributed by atoms with Crippen LogP contribution in [-0.2, 0) is 14.4 Å². The molecule has 0 aliphatic heterocycles. The fourth-order valence-electron chi connectivity index (χ4n) is 0.333. The van der Waals surface area contributed by atoms with Gasteiger partial charge in [-0.2, -0.15) is 0 Å². The van der Waals surface area contributed by atoms with Gasteiger partial charge >= 0.3 is 52.8 Å². The second-order valence-electron chi connectivity index (χ2n) is 1.82. The summed E-state index contributed by atoms with van der Waals surface area (Å²) in [6, 6.07) is 1.52. The molecule has 4 heteroatoms. The second-order valence-corrected chi connectivity index (χ2v) is 5.46. The molecule has 0 aliphatic rings. The average molecular weight is 148 g/mol. The van der Waals surface area contributed by atoms with Crippen LogP contribution in [0.3, 0.4) is 0 Å². The van der Waals surface area contributed by atoms with E-state index in [1.165, 1.54) is 0 Å². The number of carbonyl (C=O) groups is 3. The van der Waals surface area contributed by atoms with Gasteiger partial charge in [0.15, 0.2) is 0 Å². The second kappa shape index (κ2) is 3.46. The molecule has 0 rings (SSSR count). The van der Waals surface area contributed by atoms with Crippen molar-refractivity contribution in [2.75, 3.05) is 6.16 Å². The van der Waals surface area contributed by atoms with E-state index < -0.39 is 7.26 Å². The van der Waals surface area contributed by atoms with Gasteiger partial charge in [-0.3, -0.25) is 0 Å². The van der Waals surface area contributed by atoms with Crippen molar-refractivity contribution in [3.05, 3.63) is 0 Å². The summed E-state index contributed by atoms with van der Waals surface area (Å²) >= 11 is 0. The first-order chi connectivity index (χ1) is 4.24. The molecule has 0 aromatic rings. The predicted octanol–water partition coefficient (Wildman–Crippen LogP) is 0.327. The van der Waals surface area contributed by atoms with Gasteiger partial charge in [-0.05, 0) is 0 Å². The molecule has 0 radical (unpaired) electrons. The first kappa shape index (κ1) is 8.44. The molecule has 0 spiro atoms. The van der Waals surface area contributed by atoms with Crippen molar-refractivity contribution >= 4 is 25.3 Å². The Hall–Kier alpha value is -0.560. The third-order valence-electron chi connectivity index (χ3n) is 1.27. The maximum atomic E-state index is 10.1. The van der Waals surface area contributed by atoms with Gasteiger partial charge in [-0.15, -0.1) is 0 Å². The third kappa shape index (κ3) is 1.68. The molecule has 52 valence electrons.